The van der Waals surface area contributed by atoms with E-state index in [1.807, 2.05) is 67.7 Å². The van der Waals surface area contributed by atoms with Crippen LogP contribution in [0.25, 0.3) is 6.08 Å². The minimum absolute atomic E-state index is 0.244. The molecule has 0 saturated heterocycles. The van der Waals surface area contributed by atoms with Crippen molar-refractivity contribution < 1.29 is 4.79 Å². The number of benzene rings is 2. The first-order chi connectivity index (χ1) is 10.2. The van der Waals surface area contributed by atoms with Gasteiger partial charge in [-0.3, -0.25) is 10.1 Å². The maximum absolute atomic E-state index is 11.9. The largest absolute Gasteiger partial charge is 0.322 e. The third-order valence-electron chi connectivity index (χ3n) is 2.90. The standard InChI is InChI=1S/C17H16N2OS/c1-19(15-10-6-3-7-11-15)17(21)18-16(20)13-12-14-8-4-2-5-9-14/h2-13H,1H3,(H,18,20,21)/b13-12+. The summed E-state index contributed by atoms with van der Waals surface area (Å²) in [7, 11) is 1.82. The van der Waals surface area contributed by atoms with Gasteiger partial charge in [0.1, 0.15) is 0 Å². The van der Waals surface area contributed by atoms with E-state index in [1.54, 1.807) is 11.0 Å². The van der Waals surface area contributed by atoms with Crippen LogP contribution in [0.5, 0.6) is 0 Å². The van der Waals surface area contributed by atoms with Gasteiger partial charge in [0, 0.05) is 18.8 Å². The Morgan fingerprint density at radius 1 is 1.05 bits per heavy atom. The molecule has 0 fully saturated rings. The van der Waals surface area contributed by atoms with E-state index < -0.39 is 0 Å². The molecule has 0 aliphatic heterocycles. The molecule has 2 aromatic rings. The summed E-state index contributed by atoms with van der Waals surface area (Å²) in [6, 6.07) is 19.3. The smallest absolute Gasteiger partial charge is 0.250 e. The number of rotatable bonds is 3. The molecule has 0 saturated carbocycles. The predicted molar refractivity (Wildman–Crippen MR) is 91.1 cm³/mol. The van der Waals surface area contributed by atoms with E-state index in [2.05, 4.69) is 5.32 Å². The number of thiocarbonyl (C=S) groups is 1. The number of nitrogens with zero attached hydrogens (tertiary/aromatic N) is 1. The van der Waals surface area contributed by atoms with E-state index in [4.69, 9.17) is 12.2 Å². The number of hydrogen-bond acceptors (Lipinski definition) is 2. The zero-order valence-electron chi connectivity index (χ0n) is 11.7. The van der Waals surface area contributed by atoms with Crippen LogP contribution >= 0.6 is 12.2 Å². The molecule has 0 spiro atoms. The molecule has 0 heterocycles. The number of nitrogens with one attached hydrogen (secondary N) is 1. The zero-order chi connectivity index (χ0) is 15.1. The Morgan fingerprint density at radius 3 is 2.24 bits per heavy atom. The molecule has 0 aromatic heterocycles. The molecule has 0 unspecified atom stereocenters. The third-order valence-corrected chi connectivity index (χ3v) is 3.28. The number of carbonyl (C=O) groups excluding carboxylic acids is 1. The molecule has 2 aromatic carbocycles. The van der Waals surface area contributed by atoms with Crippen molar-refractivity contribution in [3.8, 4) is 0 Å². The molecule has 3 nitrogen and oxygen atoms in total. The fraction of sp³-hybridized carbons (Fsp3) is 0.0588. The summed E-state index contributed by atoms with van der Waals surface area (Å²) in [6.07, 6.45) is 3.22. The minimum Gasteiger partial charge on any atom is -0.322 e. The molecular weight excluding hydrogens is 280 g/mol. The van der Waals surface area contributed by atoms with Gasteiger partial charge in [-0.05, 0) is 36.0 Å². The van der Waals surface area contributed by atoms with Gasteiger partial charge in [-0.1, -0.05) is 48.5 Å². The Morgan fingerprint density at radius 2 is 1.62 bits per heavy atom. The van der Waals surface area contributed by atoms with Crippen molar-refractivity contribution >= 4 is 35.0 Å². The van der Waals surface area contributed by atoms with Gasteiger partial charge in [-0.15, -0.1) is 0 Å². The Labute approximate surface area is 129 Å². The second kappa shape index (κ2) is 7.36. The van der Waals surface area contributed by atoms with Crippen LogP contribution < -0.4 is 10.2 Å². The van der Waals surface area contributed by atoms with Gasteiger partial charge in [0.2, 0.25) is 5.91 Å². The normalized spacial score (nSPS) is 10.3. The topological polar surface area (TPSA) is 32.3 Å². The molecule has 0 bridgehead atoms. The molecular formula is C17H16N2OS. The second-order valence-electron chi connectivity index (χ2n) is 4.43. The lowest BCUT2D eigenvalue weighted by molar-refractivity contribution is -0.115. The van der Waals surface area contributed by atoms with Crippen molar-refractivity contribution in [2.75, 3.05) is 11.9 Å². The van der Waals surface area contributed by atoms with Crippen molar-refractivity contribution in [3.63, 3.8) is 0 Å². The first-order valence-corrected chi connectivity index (χ1v) is 6.94. The number of amides is 1. The Hall–Kier alpha value is -2.46. The van der Waals surface area contributed by atoms with Crippen molar-refractivity contribution in [2.24, 2.45) is 0 Å². The van der Waals surface area contributed by atoms with Gasteiger partial charge in [0.05, 0.1) is 0 Å². The van der Waals surface area contributed by atoms with Crippen molar-refractivity contribution in [1.82, 2.24) is 5.32 Å². The van der Waals surface area contributed by atoms with Crippen molar-refractivity contribution in [1.29, 1.82) is 0 Å². The summed E-state index contributed by atoms with van der Waals surface area (Å²) in [5.74, 6) is -0.244. The molecule has 2 rings (SSSR count). The van der Waals surface area contributed by atoms with Crippen LogP contribution in [-0.2, 0) is 4.79 Å². The Bertz CT molecular complexity index is 638. The highest BCUT2D eigenvalue weighted by Gasteiger charge is 2.08. The highest BCUT2D eigenvalue weighted by atomic mass is 32.1. The summed E-state index contributed by atoms with van der Waals surface area (Å²) in [6.45, 7) is 0. The Balaban J connectivity index is 1.93. The highest BCUT2D eigenvalue weighted by Crippen LogP contribution is 2.10. The molecule has 0 aliphatic rings. The van der Waals surface area contributed by atoms with Crippen LogP contribution in [0, 0.1) is 0 Å². The summed E-state index contributed by atoms with van der Waals surface area (Å²) in [4.78, 5) is 13.6. The first-order valence-electron chi connectivity index (χ1n) is 6.53. The number of para-hydroxylation sites is 1. The SMILES string of the molecule is CN(C(=S)NC(=O)/C=C/c1ccccc1)c1ccccc1. The van der Waals surface area contributed by atoms with Gasteiger partial charge in [0.15, 0.2) is 5.11 Å². The fourth-order valence-corrected chi connectivity index (χ4v) is 1.94. The van der Waals surface area contributed by atoms with E-state index in [1.165, 1.54) is 6.08 Å². The summed E-state index contributed by atoms with van der Waals surface area (Å²) >= 11 is 5.23. The summed E-state index contributed by atoms with van der Waals surface area (Å²) < 4.78 is 0. The lowest BCUT2D eigenvalue weighted by Crippen LogP contribution is -2.39. The van der Waals surface area contributed by atoms with Crippen LogP contribution in [0.1, 0.15) is 5.56 Å². The summed E-state index contributed by atoms with van der Waals surface area (Å²) in [5, 5.41) is 3.04. The molecule has 1 amide bonds. The van der Waals surface area contributed by atoms with Gasteiger partial charge in [-0.2, -0.15) is 0 Å². The van der Waals surface area contributed by atoms with E-state index >= 15 is 0 Å². The van der Waals surface area contributed by atoms with E-state index in [0.29, 0.717) is 5.11 Å². The van der Waals surface area contributed by atoms with Crippen LogP contribution in [-0.4, -0.2) is 18.1 Å². The van der Waals surface area contributed by atoms with Crippen molar-refractivity contribution in [3.05, 3.63) is 72.3 Å². The third kappa shape index (κ3) is 4.54. The second-order valence-corrected chi connectivity index (χ2v) is 4.82. The van der Waals surface area contributed by atoms with Gasteiger partial charge >= 0.3 is 0 Å². The lowest BCUT2D eigenvalue weighted by Gasteiger charge is -2.19. The maximum atomic E-state index is 11.9. The van der Waals surface area contributed by atoms with E-state index in [0.717, 1.165) is 11.3 Å². The van der Waals surface area contributed by atoms with Crippen molar-refractivity contribution in [2.45, 2.75) is 0 Å². The zero-order valence-corrected chi connectivity index (χ0v) is 12.5. The molecule has 0 aliphatic carbocycles. The van der Waals surface area contributed by atoms with Crippen LogP contribution in [0.3, 0.4) is 0 Å². The average Bonchev–Trinajstić information content (AvgIpc) is 2.54. The fourth-order valence-electron chi connectivity index (χ4n) is 1.74. The molecule has 0 atom stereocenters. The monoisotopic (exact) mass is 296 g/mol. The number of anilines is 1. The number of hydrogen-bond donors (Lipinski definition) is 1. The molecule has 4 heteroatoms. The highest BCUT2D eigenvalue weighted by molar-refractivity contribution is 7.80. The van der Waals surface area contributed by atoms with Crippen LogP contribution in [0.15, 0.2) is 66.7 Å². The molecule has 106 valence electrons. The quantitative estimate of drug-likeness (QED) is 0.697. The molecule has 0 radical (unpaired) electrons. The first kappa shape index (κ1) is 14.9. The number of carbonyl (C=O) groups is 1. The van der Waals surface area contributed by atoms with Gasteiger partial charge in [-0.25, -0.2) is 0 Å². The average molecular weight is 296 g/mol. The Kier molecular flexibility index (Phi) is 5.23. The van der Waals surface area contributed by atoms with E-state index in [-0.39, 0.29) is 5.91 Å². The lowest BCUT2D eigenvalue weighted by atomic mass is 10.2. The van der Waals surface area contributed by atoms with Crippen LogP contribution in [0.4, 0.5) is 5.69 Å². The summed E-state index contributed by atoms with van der Waals surface area (Å²) in [5.41, 5.74) is 1.89. The maximum Gasteiger partial charge on any atom is 0.250 e. The molecule has 1 N–H and O–H groups in total. The van der Waals surface area contributed by atoms with Crippen LogP contribution in [0.2, 0.25) is 0 Å². The predicted octanol–water partition coefficient (Wildman–Crippen LogP) is 3.24. The molecule has 21 heavy (non-hydrogen) atoms. The minimum atomic E-state index is -0.244. The van der Waals surface area contributed by atoms with Gasteiger partial charge < -0.3 is 4.90 Å². The van der Waals surface area contributed by atoms with E-state index in [9.17, 15) is 4.79 Å². The van der Waals surface area contributed by atoms with Gasteiger partial charge in [0.25, 0.3) is 0 Å².